The van der Waals surface area contributed by atoms with Gasteiger partial charge in [-0.05, 0) is 104 Å². The highest BCUT2D eigenvalue weighted by atomic mass is 16.6. The quantitative estimate of drug-likeness (QED) is 0.227. The minimum atomic E-state index is -0.634. The third-order valence-electron chi connectivity index (χ3n) is 8.63. The van der Waals surface area contributed by atoms with Crippen LogP contribution < -0.4 is 5.32 Å². The maximum atomic E-state index is 13.1. The normalized spacial score (nSPS) is 21.4. The van der Waals surface area contributed by atoms with Gasteiger partial charge in [0.05, 0.1) is 25.0 Å². The summed E-state index contributed by atoms with van der Waals surface area (Å²) >= 11 is 0. The fraction of sp³-hybridized carbons (Fsp3) is 0.579. The van der Waals surface area contributed by atoms with Crippen molar-refractivity contribution >= 4 is 35.5 Å². The van der Waals surface area contributed by atoms with Crippen molar-refractivity contribution in [2.24, 2.45) is 11.8 Å². The first kappa shape index (κ1) is 37.5. The van der Waals surface area contributed by atoms with Crippen molar-refractivity contribution in [1.82, 2.24) is 9.80 Å². The van der Waals surface area contributed by atoms with Crippen molar-refractivity contribution in [2.45, 2.75) is 91.3 Å². The molecule has 1 N–H and O–H groups in total. The van der Waals surface area contributed by atoms with Gasteiger partial charge < -0.3 is 34.1 Å². The summed E-state index contributed by atoms with van der Waals surface area (Å²) < 4.78 is 22.2. The van der Waals surface area contributed by atoms with Crippen LogP contribution in [0.1, 0.15) is 91.2 Å². The SMILES string of the molecule is CCOC(=O)[C@@H]1CCN(C(=O)OC(C)(C)C)C[C@H]1c1cccc(Nc2cccc([C@@H]3CN(C(=O)OC(C)(C)C)CC[C@H]3C(=O)OCC)c2)c1. The third kappa shape index (κ3) is 10.4. The molecule has 268 valence electrons. The zero-order valence-electron chi connectivity index (χ0n) is 30.2. The lowest BCUT2D eigenvalue weighted by molar-refractivity contribution is -0.151. The average Bonchev–Trinajstić information content (AvgIpc) is 3.03. The molecule has 2 saturated heterocycles. The lowest BCUT2D eigenvalue weighted by atomic mass is 9.80. The van der Waals surface area contributed by atoms with Gasteiger partial charge in [-0.25, -0.2) is 9.59 Å². The molecule has 11 nitrogen and oxygen atoms in total. The molecule has 2 aliphatic rings. The van der Waals surface area contributed by atoms with Crippen LogP contribution in [0, 0.1) is 11.8 Å². The largest absolute Gasteiger partial charge is 0.466 e. The van der Waals surface area contributed by atoms with Gasteiger partial charge in [0.1, 0.15) is 11.2 Å². The summed E-state index contributed by atoms with van der Waals surface area (Å²) in [5, 5.41) is 3.49. The van der Waals surface area contributed by atoms with E-state index in [0.29, 0.717) is 39.0 Å². The van der Waals surface area contributed by atoms with E-state index >= 15 is 0 Å². The fourth-order valence-corrected chi connectivity index (χ4v) is 6.49. The summed E-state index contributed by atoms with van der Waals surface area (Å²) in [5.74, 6) is -1.94. The van der Waals surface area contributed by atoms with Crippen LogP contribution in [0.3, 0.4) is 0 Å². The number of esters is 2. The molecule has 11 heteroatoms. The van der Waals surface area contributed by atoms with Gasteiger partial charge in [0, 0.05) is 49.4 Å². The Morgan fingerprint density at radius 2 is 1.06 bits per heavy atom. The highest BCUT2D eigenvalue weighted by Gasteiger charge is 2.40. The maximum Gasteiger partial charge on any atom is 0.410 e. The predicted molar refractivity (Wildman–Crippen MR) is 187 cm³/mol. The van der Waals surface area contributed by atoms with Crippen LogP contribution in [0.2, 0.25) is 0 Å². The van der Waals surface area contributed by atoms with Gasteiger partial charge in [0.25, 0.3) is 0 Å². The first-order valence-electron chi connectivity index (χ1n) is 17.3. The second-order valence-corrected chi connectivity index (χ2v) is 14.7. The molecule has 0 spiro atoms. The highest BCUT2D eigenvalue weighted by molar-refractivity contribution is 5.77. The standard InChI is InChI=1S/C38H53N3O8/c1-9-46-33(42)29-17-19-40(35(44)48-37(3,4)5)23-31(29)25-13-11-15-27(21-25)39-28-16-12-14-26(22-28)32-24-41(36(45)49-38(6,7)8)20-18-30(32)34(43)47-10-2/h11-16,21-22,29-32,39H,9-10,17-20,23-24H2,1-8H3/t29-,30-,31+,32+/m1/s1. The molecule has 0 aromatic heterocycles. The Kier molecular flexibility index (Phi) is 12.2. The molecule has 2 aromatic rings. The number of likely N-dealkylation sites (tertiary alicyclic amines) is 2. The minimum Gasteiger partial charge on any atom is -0.466 e. The number of hydrogen-bond donors (Lipinski definition) is 1. The molecule has 4 rings (SSSR count). The van der Waals surface area contributed by atoms with Gasteiger partial charge in [-0.3, -0.25) is 9.59 Å². The average molecular weight is 680 g/mol. The van der Waals surface area contributed by atoms with Crippen LogP contribution in [0.15, 0.2) is 48.5 Å². The lowest BCUT2D eigenvalue weighted by Gasteiger charge is -2.38. The molecular weight excluding hydrogens is 626 g/mol. The zero-order valence-corrected chi connectivity index (χ0v) is 30.2. The lowest BCUT2D eigenvalue weighted by Crippen LogP contribution is -2.47. The van der Waals surface area contributed by atoms with Crippen LogP contribution in [-0.2, 0) is 28.5 Å². The summed E-state index contributed by atoms with van der Waals surface area (Å²) in [5.41, 5.74) is 2.13. The van der Waals surface area contributed by atoms with Gasteiger partial charge in [-0.2, -0.15) is 0 Å². The van der Waals surface area contributed by atoms with Gasteiger partial charge >= 0.3 is 24.1 Å². The topological polar surface area (TPSA) is 124 Å². The smallest absolute Gasteiger partial charge is 0.410 e. The van der Waals surface area contributed by atoms with E-state index in [0.717, 1.165) is 22.5 Å². The molecule has 0 saturated carbocycles. The van der Waals surface area contributed by atoms with Crippen molar-refractivity contribution < 1.29 is 38.1 Å². The van der Waals surface area contributed by atoms with Gasteiger partial charge in [-0.15, -0.1) is 0 Å². The number of amides is 2. The van der Waals surface area contributed by atoms with Gasteiger partial charge in [-0.1, -0.05) is 24.3 Å². The van der Waals surface area contributed by atoms with E-state index in [9.17, 15) is 19.2 Å². The molecule has 49 heavy (non-hydrogen) atoms. The first-order valence-corrected chi connectivity index (χ1v) is 17.3. The predicted octanol–water partition coefficient (Wildman–Crippen LogP) is 7.24. The monoisotopic (exact) mass is 679 g/mol. The Bertz CT molecular complexity index is 1370. The van der Waals surface area contributed by atoms with Crippen LogP contribution in [-0.4, -0.2) is 84.5 Å². The molecule has 0 unspecified atom stereocenters. The van der Waals surface area contributed by atoms with Gasteiger partial charge in [0.15, 0.2) is 0 Å². The molecule has 0 bridgehead atoms. The Balaban J connectivity index is 1.58. The maximum absolute atomic E-state index is 13.1. The van der Waals surface area contributed by atoms with Gasteiger partial charge in [0.2, 0.25) is 0 Å². The number of hydrogen-bond acceptors (Lipinski definition) is 9. The number of benzene rings is 2. The summed E-state index contributed by atoms with van der Waals surface area (Å²) in [4.78, 5) is 55.5. The van der Waals surface area contributed by atoms with E-state index in [1.807, 2.05) is 90.1 Å². The molecule has 2 amide bonds. The number of carbonyl (C=O) groups is 4. The Morgan fingerprint density at radius 1 is 0.673 bits per heavy atom. The van der Waals surface area contributed by atoms with Crippen LogP contribution >= 0.6 is 0 Å². The Morgan fingerprint density at radius 3 is 1.41 bits per heavy atom. The number of nitrogens with one attached hydrogen (secondary N) is 1. The van der Waals surface area contributed by atoms with E-state index in [2.05, 4.69) is 5.32 Å². The van der Waals surface area contributed by atoms with Crippen molar-refractivity contribution in [3.63, 3.8) is 0 Å². The Labute approximate surface area is 290 Å². The number of anilines is 2. The second-order valence-electron chi connectivity index (χ2n) is 14.7. The molecule has 2 heterocycles. The zero-order chi connectivity index (χ0) is 35.9. The molecule has 4 atom stereocenters. The fourth-order valence-electron chi connectivity index (χ4n) is 6.49. The van der Waals surface area contributed by atoms with Crippen LogP contribution in [0.4, 0.5) is 21.0 Å². The van der Waals surface area contributed by atoms with Crippen molar-refractivity contribution in [1.29, 1.82) is 0 Å². The number of rotatable bonds is 8. The first-order chi connectivity index (χ1) is 23.1. The summed E-state index contributed by atoms with van der Waals surface area (Å²) in [6.07, 6.45) is 0.123. The molecule has 2 aliphatic heterocycles. The molecular formula is C38H53N3O8. The number of carbonyl (C=O) groups excluding carboxylic acids is 4. The number of nitrogens with zero attached hydrogens (tertiary/aromatic N) is 2. The van der Waals surface area contributed by atoms with E-state index in [4.69, 9.17) is 18.9 Å². The second kappa shape index (κ2) is 16.0. The van der Waals surface area contributed by atoms with E-state index in [-0.39, 0.29) is 37.0 Å². The van der Waals surface area contributed by atoms with Crippen molar-refractivity contribution in [2.75, 3.05) is 44.7 Å². The van der Waals surface area contributed by atoms with E-state index in [1.165, 1.54) is 0 Å². The Hall–Kier alpha value is -4.28. The summed E-state index contributed by atoms with van der Waals surface area (Å²) in [6, 6.07) is 15.7. The minimum absolute atomic E-state index is 0.272. The van der Waals surface area contributed by atoms with Crippen molar-refractivity contribution in [3.8, 4) is 0 Å². The molecule has 0 radical (unpaired) electrons. The van der Waals surface area contributed by atoms with Crippen LogP contribution in [0.5, 0.6) is 0 Å². The molecule has 0 aliphatic carbocycles. The van der Waals surface area contributed by atoms with Crippen molar-refractivity contribution in [3.05, 3.63) is 59.7 Å². The summed E-state index contributed by atoms with van der Waals surface area (Å²) in [6.45, 7) is 16.6. The van der Waals surface area contributed by atoms with Crippen LogP contribution in [0.25, 0.3) is 0 Å². The molecule has 2 aromatic carbocycles. The van der Waals surface area contributed by atoms with E-state index in [1.54, 1.807) is 23.6 Å². The summed E-state index contributed by atoms with van der Waals surface area (Å²) in [7, 11) is 0. The molecule has 2 fully saturated rings. The number of ether oxygens (including phenoxy) is 4. The third-order valence-corrected chi connectivity index (χ3v) is 8.63. The van der Waals surface area contributed by atoms with E-state index < -0.39 is 35.2 Å². The number of piperidine rings is 2. The highest BCUT2D eigenvalue weighted by Crippen LogP contribution is 2.38.